The summed E-state index contributed by atoms with van der Waals surface area (Å²) in [5.41, 5.74) is 4.76. The van der Waals surface area contributed by atoms with E-state index >= 15 is 0 Å². The number of hydrogen-bond acceptors (Lipinski definition) is 5. The summed E-state index contributed by atoms with van der Waals surface area (Å²) < 4.78 is 5.28. The number of amides is 1. The average molecular weight is 538 g/mol. The van der Waals surface area contributed by atoms with E-state index in [1.54, 1.807) is 7.11 Å². The van der Waals surface area contributed by atoms with Gasteiger partial charge in [0.2, 0.25) is 0 Å². The fourth-order valence-corrected chi connectivity index (χ4v) is 5.67. The highest BCUT2D eigenvalue weighted by Gasteiger charge is 2.43. The second kappa shape index (κ2) is 13.4. The molecule has 2 heterocycles. The molecule has 1 amide bonds. The first kappa shape index (κ1) is 27.7. The quantitative estimate of drug-likeness (QED) is 0.0928. The number of nitrogens with zero attached hydrogens (tertiary/aromatic N) is 3. The third-order valence-corrected chi connectivity index (χ3v) is 7.84. The zero-order chi connectivity index (χ0) is 27.7. The van der Waals surface area contributed by atoms with Crippen LogP contribution in [0.25, 0.3) is 0 Å². The molecule has 0 aromatic heterocycles. The molecule has 0 spiro atoms. The molecule has 3 aromatic rings. The molecule has 2 saturated heterocycles. The summed E-state index contributed by atoms with van der Waals surface area (Å²) in [7, 11) is 1.64. The SMILES string of the molecule is COc1ccc(N2C(=O)/C(=C\C(C)=N\OCCCN3CCC(Cc4ccccc4)CC3)C2c2ccccc2)cc1. The Balaban J connectivity index is 1.11. The molecule has 1 atom stereocenters. The molecule has 0 saturated carbocycles. The van der Waals surface area contributed by atoms with E-state index in [0.29, 0.717) is 17.9 Å². The van der Waals surface area contributed by atoms with Gasteiger partial charge in [0.15, 0.2) is 0 Å². The van der Waals surface area contributed by atoms with Crippen molar-refractivity contribution < 1.29 is 14.4 Å². The number of rotatable bonds is 11. The highest BCUT2D eigenvalue weighted by atomic mass is 16.6. The van der Waals surface area contributed by atoms with Gasteiger partial charge < -0.3 is 14.5 Å². The highest BCUT2D eigenvalue weighted by Crippen LogP contribution is 2.43. The van der Waals surface area contributed by atoms with Crippen LogP contribution in [0.15, 0.2) is 102 Å². The van der Waals surface area contributed by atoms with E-state index in [1.807, 2.05) is 60.4 Å². The van der Waals surface area contributed by atoms with Crippen molar-refractivity contribution in [3.63, 3.8) is 0 Å². The number of anilines is 1. The van der Waals surface area contributed by atoms with Crippen molar-refractivity contribution in [2.75, 3.05) is 38.3 Å². The number of β-lactam (4-membered cyclic amide) rings is 1. The minimum absolute atomic E-state index is 0.0239. The molecule has 2 aliphatic heterocycles. The Morgan fingerprint density at radius 1 is 0.950 bits per heavy atom. The van der Waals surface area contributed by atoms with Gasteiger partial charge in [0.05, 0.1) is 18.9 Å². The molecule has 2 aliphatic rings. The van der Waals surface area contributed by atoms with Gasteiger partial charge in [-0.05, 0) is 93.1 Å². The number of ether oxygens (including phenoxy) is 1. The van der Waals surface area contributed by atoms with Crippen molar-refractivity contribution >= 4 is 17.3 Å². The lowest BCUT2D eigenvalue weighted by atomic mass is 9.86. The fraction of sp³-hybridized carbons (Fsp3) is 0.353. The molecular weight excluding hydrogens is 498 g/mol. The average Bonchev–Trinajstić information content (AvgIpc) is 3.00. The molecule has 0 bridgehead atoms. The summed E-state index contributed by atoms with van der Waals surface area (Å²) in [5.74, 6) is 1.52. The van der Waals surface area contributed by atoms with Gasteiger partial charge in [0.25, 0.3) is 5.91 Å². The zero-order valence-electron chi connectivity index (χ0n) is 23.5. The molecule has 2 fully saturated rings. The summed E-state index contributed by atoms with van der Waals surface area (Å²) in [6, 6.07) is 28.3. The van der Waals surface area contributed by atoms with Gasteiger partial charge in [-0.25, -0.2) is 0 Å². The molecule has 3 aromatic carbocycles. The van der Waals surface area contributed by atoms with E-state index in [1.165, 1.54) is 24.8 Å². The van der Waals surface area contributed by atoms with Crippen molar-refractivity contribution in [2.45, 2.75) is 38.6 Å². The Labute approximate surface area is 237 Å². The van der Waals surface area contributed by atoms with Gasteiger partial charge >= 0.3 is 0 Å². The van der Waals surface area contributed by atoms with Gasteiger partial charge in [-0.3, -0.25) is 9.69 Å². The standard InChI is InChI=1S/C34H39N3O3/c1-26(35-40-23-9-20-36-21-18-28(19-22-36)25-27-10-5-3-6-11-27)24-32-33(29-12-7-4-8-13-29)37(34(32)38)30-14-16-31(39-2)17-15-30/h3-8,10-17,24,28,33H,9,18-23,25H2,1-2H3/b32-24-,35-26+. The summed E-state index contributed by atoms with van der Waals surface area (Å²) in [5, 5.41) is 4.31. The van der Waals surface area contributed by atoms with Gasteiger partial charge in [0, 0.05) is 17.8 Å². The lowest BCUT2D eigenvalue weighted by Gasteiger charge is -2.43. The van der Waals surface area contributed by atoms with Crippen LogP contribution in [0.2, 0.25) is 0 Å². The number of methoxy groups -OCH3 is 1. The number of oxime groups is 1. The maximum absolute atomic E-state index is 13.2. The molecule has 0 aliphatic carbocycles. The largest absolute Gasteiger partial charge is 0.497 e. The molecule has 1 unspecified atom stereocenters. The Kier molecular flexibility index (Phi) is 9.30. The first-order chi connectivity index (χ1) is 19.6. The van der Waals surface area contributed by atoms with Gasteiger partial charge in [-0.15, -0.1) is 0 Å². The monoisotopic (exact) mass is 537 g/mol. The van der Waals surface area contributed by atoms with E-state index in [4.69, 9.17) is 9.57 Å². The first-order valence-electron chi connectivity index (χ1n) is 14.3. The normalized spacial score (nSPS) is 19.5. The predicted octanol–water partition coefficient (Wildman–Crippen LogP) is 6.45. The van der Waals surface area contributed by atoms with Crippen molar-refractivity contribution in [1.82, 2.24) is 4.90 Å². The maximum Gasteiger partial charge on any atom is 0.257 e. The highest BCUT2D eigenvalue weighted by molar-refractivity contribution is 6.18. The summed E-state index contributed by atoms with van der Waals surface area (Å²) in [6.45, 7) is 5.78. The molecule has 0 N–H and O–H groups in total. The molecule has 208 valence electrons. The molecule has 6 nitrogen and oxygen atoms in total. The minimum atomic E-state index is -0.169. The Morgan fingerprint density at radius 3 is 2.30 bits per heavy atom. The van der Waals surface area contributed by atoms with Gasteiger partial charge in [-0.2, -0.15) is 0 Å². The van der Waals surface area contributed by atoms with E-state index in [2.05, 4.69) is 52.5 Å². The number of likely N-dealkylation sites (tertiary alicyclic amines) is 1. The number of allylic oxidation sites excluding steroid dienone is 1. The number of carbonyl (C=O) groups is 1. The van der Waals surface area contributed by atoms with Gasteiger partial charge in [0.1, 0.15) is 12.4 Å². The fourth-order valence-electron chi connectivity index (χ4n) is 5.67. The predicted molar refractivity (Wildman–Crippen MR) is 161 cm³/mol. The van der Waals surface area contributed by atoms with Crippen LogP contribution in [-0.2, 0) is 16.1 Å². The molecule has 6 heteroatoms. The number of benzene rings is 3. The van der Waals surface area contributed by atoms with Crippen molar-refractivity contribution in [1.29, 1.82) is 0 Å². The summed E-state index contributed by atoms with van der Waals surface area (Å²) >= 11 is 0. The lowest BCUT2D eigenvalue weighted by molar-refractivity contribution is -0.119. The zero-order valence-corrected chi connectivity index (χ0v) is 23.5. The van der Waals surface area contributed by atoms with Crippen molar-refractivity contribution in [2.24, 2.45) is 11.1 Å². The number of piperidine rings is 1. The number of carbonyl (C=O) groups excluding carboxylic acids is 1. The van der Waals surface area contributed by atoms with Crippen LogP contribution in [0.3, 0.4) is 0 Å². The lowest BCUT2D eigenvalue weighted by Crippen LogP contribution is -2.49. The van der Waals surface area contributed by atoms with E-state index in [-0.39, 0.29) is 11.9 Å². The van der Waals surface area contributed by atoms with Crippen molar-refractivity contribution in [3.8, 4) is 5.75 Å². The molecule has 40 heavy (non-hydrogen) atoms. The molecule has 0 radical (unpaired) electrons. The van der Waals surface area contributed by atoms with Crippen molar-refractivity contribution in [3.05, 3.63) is 108 Å². The third-order valence-electron chi connectivity index (χ3n) is 7.84. The smallest absolute Gasteiger partial charge is 0.257 e. The third kappa shape index (κ3) is 6.80. The van der Waals surface area contributed by atoms with Crippen LogP contribution in [0.4, 0.5) is 5.69 Å². The van der Waals surface area contributed by atoms with E-state index in [0.717, 1.165) is 49.0 Å². The second-order valence-corrected chi connectivity index (χ2v) is 10.7. The Morgan fingerprint density at radius 2 is 1.62 bits per heavy atom. The first-order valence-corrected chi connectivity index (χ1v) is 14.3. The second-order valence-electron chi connectivity index (χ2n) is 10.7. The van der Waals surface area contributed by atoms with Crippen LogP contribution in [0.5, 0.6) is 5.75 Å². The minimum Gasteiger partial charge on any atom is -0.497 e. The Bertz CT molecular complexity index is 1300. The number of hydrogen-bond donors (Lipinski definition) is 0. The van der Waals surface area contributed by atoms with E-state index < -0.39 is 0 Å². The van der Waals surface area contributed by atoms with Crippen LogP contribution in [-0.4, -0.2) is 49.9 Å². The van der Waals surface area contributed by atoms with Crippen LogP contribution in [0, 0.1) is 5.92 Å². The van der Waals surface area contributed by atoms with Gasteiger partial charge in [-0.1, -0.05) is 65.8 Å². The molecular formula is C34H39N3O3. The topological polar surface area (TPSA) is 54.4 Å². The van der Waals surface area contributed by atoms with Crippen LogP contribution in [0.1, 0.15) is 43.4 Å². The maximum atomic E-state index is 13.2. The van der Waals surface area contributed by atoms with Crippen LogP contribution >= 0.6 is 0 Å². The summed E-state index contributed by atoms with van der Waals surface area (Å²) in [4.78, 5) is 23.2. The summed E-state index contributed by atoms with van der Waals surface area (Å²) in [6.07, 6.45) is 6.49. The Hall–Kier alpha value is -3.90. The van der Waals surface area contributed by atoms with E-state index in [9.17, 15) is 4.79 Å². The van der Waals surface area contributed by atoms with Crippen LogP contribution < -0.4 is 9.64 Å². The molecule has 5 rings (SSSR count).